The van der Waals surface area contributed by atoms with E-state index in [0.29, 0.717) is 5.82 Å². The second kappa shape index (κ2) is 5.57. The van der Waals surface area contributed by atoms with Crippen LogP contribution in [0, 0.1) is 0 Å². The van der Waals surface area contributed by atoms with Gasteiger partial charge in [0.15, 0.2) is 11.5 Å². The molecule has 1 aliphatic rings. The third-order valence-electron chi connectivity index (χ3n) is 3.61. The summed E-state index contributed by atoms with van der Waals surface area (Å²) in [6.45, 7) is 3.80. The molecule has 0 saturated carbocycles. The highest BCUT2D eigenvalue weighted by molar-refractivity contribution is 5.69. The molecule has 22 heavy (non-hydrogen) atoms. The summed E-state index contributed by atoms with van der Waals surface area (Å²) in [6.07, 6.45) is 10.8. The topological polar surface area (TPSA) is 83.3 Å². The van der Waals surface area contributed by atoms with Gasteiger partial charge in [-0.25, -0.2) is 19.9 Å². The third-order valence-corrected chi connectivity index (χ3v) is 3.61. The summed E-state index contributed by atoms with van der Waals surface area (Å²) >= 11 is 0. The van der Waals surface area contributed by atoms with E-state index in [2.05, 4.69) is 35.5 Å². The lowest BCUT2D eigenvalue weighted by Gasteiger charge is -2.27. The molecule has 0 unspecified atom stereocenters. The summed E-state index contributed by atoms with van der Waals surface area (Å²) in [5, 5.41) is 6.53. The number of aromatic nitrogens is 5. The predicted molar refractivity (Wildman–Crippen MR) is 83.4 cm³/mol. The van der Waals surface area contributed by atoms with Crippen molar-refractivity contribution in [3.8, 4) is 0 Å². The first-order chi connectivity index (χ1) is 10.9. The zero-order valence-corrected chi connectivity index (χ0v) is 12.0. The molecule has 3 aromatic rings. The number of hydrogen-bond donors (Lipinski definition) is 2. The van der Waals surface area contributed by atoms with Crippen LogP contribution in [0.15, 0.2) is 37.2 Å². The fourth-order valence-electron chi connectivity index (χ4n) is 2.49. The minimum atomic E-state index is 0.686. The van der Waals surface area contributed by atoms with Gasteiger partial charge in [-0.2, -0.15) is 0 Å². The number of piperazine rings is 1. The molecule has 0 radical (unpaired) electrons. The van der Waals surface area contributed by atoms with Crippen LogP contribution in [-0.4, -0.2) is 50.5 Å². The molecule has 8 heteroatoms. The molecule has 1 fully saturated rings. The van der Waals surface area contributed by atoms with Crippen molar-refractivity contribution < 1.29 is 0 Å². The van der Waals surface area contributed by atoms with E-state index in [-0.39, 0.29) is 0 Å². The molecule has 0 bridgehead atoms. The molecule has 0 atom stereocenters. The minimum Gasteiger partial charge on any atom is -0.338 e. The van der Waals surface area contributed by atoms with Gasteiger partial charge in [-0.1, -0.05) is 0 Å². The van der Waals surface area contributed by atoms with Crippen molar-refractivity contribution in [1.29, 1.82) is 0 Å². The number of imidazole rings is 1. The monoisotopic (exact) mass is 296 g/mol. The van der Waals surface area contributed by atoms with Crippen LogP contribution in [-0.2, 0) is 0 Å². The number of nitrogens with zero attached hydrogens (tertiary/aromatic N) is 6. The lowest BCUT2D eigenvalue weighted by atomic mass is 10.4. The summed E-state index contributed by atoms with van der Waals surface area (Å²) in [4.78, 5) is 19.7. The molecule has 4 rings (SSSR count). The van der Waals surface area contributed by atoms with E-state index >= 15 is 0 Å². The maximum atomic E-state index is 4.44. The first-order valence-electron chi connectivity index (χ1n) is 7.22. The van der Waals surface area contributed by atoms with Crippen LogP contribution in [0.3, 0.4) is 0 Å². The fraction of sp³-hybridized carbons (Fsp3) is 0.286. The van der Waals surface area contributed by atoms with Crippen molar-refractivity contribution in [3.05, 3.63) is 37.2 Å². The predicted octanol–water partition coefficient (Wildman–Crippen LogP) is 0.672. The number of nitrogens with one attached hydrogen (secondary N) is 2. The van der Waals surface area contributed by atoms with Gasteiger partial charge in [0.05, 0.1) is 18.1 Å². The maximum absolute atomic E-state index is 4.44. The zero-order valence-electron chi connectivity index (χ0n) is 12.0. The Balaban J connectivity index is 1.54. The van der Waals surface area contributed by atoms with E-state index in [1.54, 1.807) is 24.8 Å². The normalized spacial score (nSPS) is 15.2. The Bertz CT molecular complexity index is 760. The van der Waals surface area contributed by atoms with Gasteiger partial charge in [0.25, 0.3) is 0 Å². The smallest absolute Gasteiger partial charge is 0.225 e. The van der Waals surface area contributed by atoms with Crippen molar-refractivity contribution >= 4 is 23.1 Å². The van der Waals surface area contributed by atoms with Gasteiger partial charge < -0.3 is 19.9 Å². The van der Waals surface area contributed by atoms with Crippen LogP contribution in [0.4, 0.5) is 17.5 Å². The van der Waals surface area contributed by atoms with Crippen molar-refractivity contribution in [3.63, 3.8) is 0 Å². The standard InChI is InChI=1S/C14H16N8/c1-5-22(6-2-15-1)14-18-9-11(10-19-14)20-12-13-17-4-8-21(13)7-3-16-12/h3-4,7-10,15H,1-2,5-6H2,(H,16,20). The molecule has 1 aliphatic heterocycles. The summed E-state index contributed by atoms with van der Waals surface area (Å²) < 4.78 is 1.91. The molecular weight excluding hydrogens is 280 g/mol. The minimum absolute atomic E-state index is 0.686. The van der Waals surface area contributed by atoms with E-state index < -0.39 is 0 Å². The lowest BCUT2D eigenvalue weighted by Crippen LogP contribution is -2.44. The summed E-state index contributed by atoms with van der Waals surface area (Å²) in [5.41, 5.74) is 1.57. The van der Waals surface area contributed by atoms with Crippen LogP contribution in [0.5, 0.6) is 0 Å². The Morgan fingerprint density at radius 3 is 2.45 bits per heavy atom. The Morgan fingerprint density at radius 2 is 1.68 bits per heavy atom. The second-order valence-electron chi connectivity index (χ2n) is 5.07. The third kappa shape index (κ3) is 2.44. The molecule has 4 heterocycles. The molecule has 0 aliphatic carbocycles. The number of rotatable bonds is 3. The van der Waals surface area contributed by atoms with Crippen molar-refractivity contribution in [2.24, 2.45) is 0 Å². The van der Waals surface area contributed by atoms with Gasteiger partial charge in [-0.3, -0.25) is 0 Å². The molecule has 8 nitrogen and oxygen atoms in total. The van der Waals surface area contributed by atoms with Crippen molar-refractivity contribution in [1.82, 2.24) is 29.7 Å². The molecule has 112 valence electrons. The summed E-state index contributed by atoms with van der Waals surface area (Å²) in [7, 11) is 0. The molecule has 2 N–H and O–H groups in total. The van der Waals surface area contributed by atoms with E-state index in [1.807, 2.05) is 16.8 Å². The summed E-state index contributed by atoms with van der Waals surface area (Å²) in [5.74, 6) is 1.45. The SMILES string of the molecule is c1cn2ccnc2c(Nc2cnc(N3CCNCC3)nc2)n1. The van der Waals surface area contributed by atoms with Crippen LogP contribution in [0.25, 0.3) is 5.65 Å². The molecule has 0 aromatic carbocycles. The molecular formula is C14H16N8. The van der Waals surface area contributed by atoms with Crippen LogP contribution in [0.2, 0.25) is 0 Å². The van der Waals surface area contributed by atoms with Gasteiger partial charge in [-0.15, -0.1) is 0 Å². The largest absolute Gasteiger partial charge is 0.338 e. The molecule has 3 aromatic heterocycles. The second-order valence-corrected chi connectivity index (χ2v) is 5.07. The van der Waals surface area contributed by atoms with Gasteiger partial charge in [0, 0.05) is 51.0 Å². The highest BCUT2D eigenvalue weighted by Gasteiger charge is 2.13. The fourth-order valence-corrected chi connectivity index (χ4v) is 2.49. The lowest BCUT2D eigenvalue weighted by molar-refractivity contribution is 0.580. The van der Waals surface area contributed by atoms with Gasteiger partial charge in [0.2, 0.25) is 5.95 Å². The van der Waals surface area contributed by atoms with Gasteiger partial charge in [0.1, 0.15) is 0 Å². The van der Waals surface area contributed by atoms with E-state index in [4.69, 9.17) is 0 Å². The Labute approximate surface area is 127 Å². The van der Waals surface area contributed by atoms with E-state index in [0.717, 1.165) is 43.5 Å². The first-order valence-corrected chi connectivity index (χ1v) is 7.22. The number of fused-ring (bicyclic) bond motifs is 1. The first kappa shape index (κ1) is 13.0. The molecule has 0 amide bonds. The van der Waals surface area contributed by atoms with E-state index in [1.165, 1.54) is 0 Å². The van der Waals surface area contributed by atoms with Crippen LogP contribution >= 0.6 is 0 Å². The zero-order chi connectivity index (χ0) is 14.8. The van der Waals surface area contributed by atoms with Gasteiger partial charge in [-0.05, 0) is 0 Å². The van der Waals surface area contributed by atoms with Crippen molar-refractivity contribution in [2.45, 2.75) is 0 Å². The number of hydrogen-bond acceptors (Lipinski definition) is 7. The molecule has 1 saturated heterocycles. The van der Waals surface area contributed by atoms with Crippen LogP contribution < -0.4 is 15.5 Å². The van der Waals surface area contributed by atoms with Crippen molar-refractivity contribution in [2.75, 3.05) is 36.4 Å². The Kier molecular flexibility index (Phi) is 3.28. The average Bonchev–Trinajstić information content (AvgIpc) is 3.06. The maximum Gasteiger partial charge on any atom is 0.225 e. The number of anilines is 3. The van der Waals surface area contributed by atoms with Gasteiger partial charge >= 0.3 is 0 Å². The highest BCUT2D eigenvalue weighted by Crippen LogP contribution is 2.18. The summed E-state index contributed by atoms with van der Waals surface area (Å²) in [6, 6.07) is 0. The Hall–Kier alpha value is -2.74. The highest BCUT2D eigenvalue weighted by atomic mass is 15.3. The van der Waals surface area contributed by atoms with E-state index in [9.17, 15) is 0 Å². The molecule has 0 spiro atoms. The average molecular weight is 296 g/mol. The van der Waals surface area contributed by atoms with Crippen LogP contribution in [0.1, 0.15) is 0 Å². The Morgan fingerprint density at radius 1 is 0.955 bits per heavy atom. The quantitative estimate of drug-likeness (QED) is 0.735.